The molecule has 5 heteroatoms. The van der Waals surface area contributed by atoms with E-state index in [1.165, 1.54) is 0 Å². The van der Waals surface area contributed by atoms with E-state index in [4.69, 9.17) is 16.6 Å². The van der Waals surface area contributed by atoms with Crippen molar-refractivity contribution in [2.45, 2.75) is 0 Å². The van der Waals surface area contributed by atoms with E-state index >= 15 is 0 Å². The van der Waals surface area contributed by atoms with Crippen molar-refractivity contribution in [3.05, 3.63) is 9.93 Å². The third-order valence-electron chi connectivity index (χ3n) is 0. The molecule has 4 nitrogen and oxygen atoms in total. The van der Waals surface area contributed by atoms with Crippen molar-refractivity contribution in [2.24, 2.45) is 0 Å². The second kappa shape index (κ2) is 4820. The molecule has 0 saturated heterocycles. The first-order valence-electron chi connectivity index (χ1n) is 1.70. The van der Waals surface area contributed by atoms with Gasteiger partial charge in [0.15, 0.2) is 0 Å². The van der Waals surface area contributed by atoms with Gasteiger partial charge in [0.1, 0.15) is 23.0 Å². The van der Waals surface area contributed by atoms with Crippen LogP contribution < -0.4 is 0 Å². The van der Waals surface area contributed by atoms with Crippen molar-refractivity contribution in [1.29, 1.82) is 0.594 Å². The molecular formula is H5IO4. The first-order chi connectivity index (χ1) is 3.41. The van der Waals surface area contributed by atoms with Gasteiger partial charge in [0.2, 0.25) is 0 Å². The molecule has 0 atom stereocenters. The lowest BCUT2D eigenvalue weighted by atomic mass is 15.3. The molecule has 0 saturated carbocycles. The highest BCUT2D eigenvalue weighted by atomic mass is 127. The van der Waals surface area contributed by atoms with Gasteiger partial charge >= 0.3 is 0 Å². The van der Waals surface area contributed by atoms with Crippen LogP contribution in [0.25, 0.3) is 0 Å². The summed E-state index contributed by atoms with van der Waals surface area (Å²) in [6.07, 6.45) is 0. The van der Waals surface area contributed by atoms with Crippen LogP contribution in [0.3, 0.4) is 0 Å². The topological polar surface area (TPSA) is 82.7 Å². The van der Waals surface area contributed by atoms with Gasteiger partial charge in [-0.15, -0.1) is 0 Å². The highest BCUT2D eigenvalue weighted by Crippen LogP contribution is 0.741. The molecule has 0 aliphatic carbocycles. The van der Waals surface area contributed by atoms with E-state index in [-0.39, 0.29) is 5.48 Å². The summed E-state index contributed by atoms with van der Waals surface area (Å²) in [7, 11) is 0. The first-order valence-corrected chi connectivity index (χ1v) is 1.20. The van der Waals surface area contributed by atoms with Crippen LogP contribution in [0, 0.1) is 9.93 Å². The third kappa shape index (κ3) is 2210. The summed E-state index contributed by atoms with van der Waals surface area (Å²) in [4.78, 5) is 14.0. The van der Waals surface area contributed by atoms with Gasteiger partial charge in [0, 0.05) is 12.9 Å². The van der Waals surface area contributed by atoms with Gasteiger partial charge in [-0.25, -0.2) is 0 Å². The molecular weight excluding hydrogens is 191 g/mol. The highest BCUT2D eigenvalue weighted by molar-refractivity contribution is 4.07. The summed E-state index contributed by atoms with van der Waals surface area (Å²) < 4.78 is 24.5. The van der Waals surface area contributed by atoms with Crippen molar-refractivity contribution in [3.8, 4) is 0 Å². The molecule has 5 heavy (non-hydrogen) atoms. The molecule has 0 aromatic rings. The Morgan fingerprint density at radius 2 is 2.20 bits per heavy atom. The summed E-state index contributed by atoms with van der Waals surface area (Å²) >= 11 is -1.41. The maximum absolute atomic E-state index is 8.71. The van der Waals surface area contributed by atoms with Crippen molar-refractivity contribution in [3.63, 3.8) is 0 Å². The standard InChI is InChI=1S/HIO.O2.H2O.H2/c2*1-2;;/h1H;;1H2;1H/i1D;;;1+2D. The van der Waals surface area contributed by atoms with Gasteiger partial charge in [-0.2, -0.15) is 0 Å². The zero-order chi connectivity index (χ0) is 6.71. The molecule has 0 heterocycles. The number of hydrogen-bond donors (Lipinski definition) is 0. The molecule has 0 unspecified atom stereocenters. The van der Waals surface area contributed by atoms with Crippen molar-refractivity contribution in [2.75, 3.05) is 0 Å². The van der Waals surface area contributed by atoms with E-state index < -0.39 is 22.4 Å². The van der Waals surface area contributed by atoms with Crippen LogP contribution in [-0.2, 0) is 3.07 Å². The zero-order valence-electron chi connectivity index (χ0n) is 5.10. The molecule has 0 aliphatic rings. The van der Waals surface area contributed by atoms with Crippen LogP contribution in [0.1, 0.15) is 2.97 Å². The number of rotatable bonds is 0. The fourth-order valence-corrected chi connectivity index (χ4v) is 0. The van der Waals surface area contributed by atoms with Crippen molar-refractivity contribution >= 4 is 22.4 Å². The summed E-state index contributed by atoms with van der Waals surface area (Å²) in [5.41, 5.74) is 0. The van der Waals surface area contributed by atoms with Gasteiger partial charge in [0.05, 0.1) is 0 Å². The van der Waals surface area contributed by atoms with Crippen LogP contribution in [0.15, 0.2) is 0 Å². The van der Waals surface area contributed by atoms with E-state index in [1.807, 2.05) is 0 Å². The Labute approximate surface area is 45.1 Å². The quantitative estimate of drug-likeness (QED) is 0.515. The van der Waals surface area contributed by atoms with Crippen molar-refractivity contribution < 1.29 is 11.5 Å². The van der Waals surface area contributed by atoms with Crippen LogP contribution in [0.5, 0.6) is 0 Å². The minimum atomic E-state index is -1.41. The van der Waals surface area contributed by atoms with E-state index in [0.717, 1.165) is 0 Å². The fraction of sp³-hybridized carbons (Fsp3) is 0. The SMILES string of the molecule is O.O=O.[2H]I=O.[2H][3H]. The normalized spacial score (nSPS) is 6.00. The predicted molar refractivity (Wildman–Crippen MR) is 28.6 cm³/mol. The molecule has 0 radical (unpaired) electrons. The van der Waals surface area contributed by atoms with E-state index in [9.17, 15) is 0 Å². The molecule has 2 N–H and O–H groups in total. The second-order valence-electron chi connectivity index (χ2n) is 0. The van der Waals surface area contributed by atoms with Gasteiger partial charge in [0.25, 0.3) is 0 Å². The summed E-state index contributed by atoms with van der Waals surface area (Å²) in [5, 5.41) is 0. The highest BCUT2D eigenvalue weighted by Gasteiger charge is 0.889. The molecule has 0 aromatic carbocycles. The number of hydrogen-bond acceptors (Lipinski definition) is 3. The molecule has 0 rings (SSSR count). The second-order valence-corrected chi connectivity index (χ2v) is 0. The molecule has 0 fully saturated rings. The van der Waals surface area contributed by atoms with Gasteiger partial charge in [-0.1, -0.05) is 0 Å². The Kier molecular flexibility index (Phi) is 4910. The monoisotopic (exact) mass is 200 g/mol. The maximum Gasteiger partial charge on any atom is 0.147 e. The minimum absolute atomic E-state index is 0. The van der Waals surface area contributed by atoms with Gasteiger partial charge in [-0.3, -0.25) is 3.07 Å². The smallest absolute Gasteiger partial charge is 0.147 e. The van der Waals surface area contributed by atoms with E-state index in [1.54, 1.807) is 0 Å². The molecule has 0 bridgehead atoms. The minimum Gasteiger partial charge on any atom is -0.412 e. The average molecular weight is 200 g/mol. The van der Waals surface area contributed by atoms with Crippen LogP contribution in [0.2, 0.25) is 0 Å². The van der Waals surface area contributed by atoms with Gasteiger partial charge in [-0.05, 0) is 0 Å². The third-order valence-corrected chi connectivity index (χ3v) is 0. The maximum atomic E-state index is 8.71. The van der Waals surface area contributed by atoms with Crippen LogP contribution in [-0.4, -0.2) is 6.07 Å². The largest absolute Gasteiger partial charge is 0.412 e. The molecule has 0 aromatic heterocycles. The molecule has 0 spiro atoms. The lowest BCUT2D eigenvalue weighted by Gasteiger charge is -1.27. The Balaban J connectivity index is -0.0000000147. The van der Waals surface area contributed by atoms with Crippen molar-refractivity contribution in [1.82, 2.24) is 0 Å². The average Bonchev–Trinajstić information content (AvgIpc) is 1.78. The summed E-state index contributed by atoms with van der Waals surface area (Å²) in [6, 6.07) is 0. The molecule has 0 amide bonds. The fourth-order valence-electron chi connectivity index (χ4n) is 0. The Hall–Kier alpha value is 0.0900. The lowest BCUT2D eigenvalue weighted by molar-refractivity contribution is -1.00. The first kappa shape index (κ1) is 5.09. The number of halogens is 1. The molecule has 0 aliphatic heterocycles. The summed E-state index contributed by atoms with van der Waals surface area (Å²) in [5.74, 6) is 0. The molecule has 36 valence electrons. The Morgan fingerprint density at radius 3 is 2.20 bits per heavy atom. The predicted octanol–water partition coefficient (Wildman–Crippen LogP) is -0.0125. The van der Waals surface area contributed by atoms with Gasteiger partial charge < -0.3 is 5.48 Å². The summed E-state index contributed by atoms with van der Waals surface area (Å²) in [6.45, 7) is 0. The van der Waals surface area contributed by atoms with E-state index in [0.29, 0.717) is 0 Å². The van der Waals surface area contributed by atoms with E-state index in [2.05, 4.69) is 0 Å². The Morgan fingerprint density at radius 1 is 2.20 bits per heavy atom. The Bertz CT molecular complexity index is 25.2. The van der Waals surface area contributed by atoms with Crippen LogP contribution in [0.4, 0.5) is 0 Å². The zero-order valence-corrected chi connectivity index (χ0v) is 4.26. The lowest BCUT2D eigenvalue weighted by Crippen LogP contribution is -3.44. The van der Waals surface area contributed by atoms with Crippen LogP contribution >= 0.6 is 22.4 Å².